The maximum absolute atomic E-state index is 13.2. The Kier molecular flexibility index (Phi) is 6.79. The summed E-state index contributed by atoms with van der Waals surface area (Å²) in [5, 5.41) is 10.6. The number of hydrogen-bond donors (Lipinski definition) is 1. The number of alkyl halides is 3. The van der Waals surface area contributed by atoms with Gasteiger partial charge in [-0.25, -0.2) is 8.78 Å². The van der Waals surface area contributed by atoms with E-state index in [2.05, 4.69) is 20.3 Å². The predicted octanol–water partition coefficient (Wildman–Crippen LogP) is 3.55. The van der Waals surface area contributed by atoms with Gasteiger partial charge in [-0.05, 0) is 37.8 Å². The lowest BCUT2D eigenvalue weighted by Crippen LogP contribution is -2.43. The first kappa shape index (κ1) is 23.4. The van der Waals surface area contributed by atoms with Crippen molar-refractivity contribution >= 4 is 5.91 Å². The van der Waals surface area contributed by atoms with Crippen molar-refractivity contribution in [2.75, 3.05) is 13.2 Å². The van der Waals surface area contributed by atoms with E-state index in [1.54, 1.807) is 0 Å². The van der Waals surface area contributed by atoms with Crippen LogP contribution >= 0.6 is 0 Å². The highest BCUT2D eigenvalue weighted by Gasteiger charge is 2.42. The van der Waals surface area contributed by atoms with Crippen molar-refractivity contribution in [2.45, 2.75) is 56.2 Å². The fraction of sp³-hybridized carbons (Fsp3) is 0.550. The topological polar surface area (TPSA) is 95.7 Å². The van der Waals surface area contributed by atoms with E-state index in [-0.39, 0.29) is 55.5 Å². The zero-order valence-corrected chi connectivity index (χ0v) is 17.1. The summed E-state index contributed by atoms with van der Waals surface area (Å²) in [6.45, 7) is -0.206. The summed E-state index contributed by atoms with van der Waals surface area (Å²) < 4.78 is 83.1. The number of aromatic nitrogens is 2. The van der Waals surface area contributed by atoms with Crippen LogP contribution in [0.4, 0.5) is 22.0 Å². The van der Waals surface area contributed by atoms with Crippen LogP contribution in [0, 0.1) is 11.6 Å². The SMILES string of the molecule is O=C(COc1ccc(F)c(F)c1)N[C@@H]1CC[C@@H](c2nnc(C3CC(OC(F)(F)F)C3)o2)OC1. The molecule has 1 aliphatic carbocycles. The summed E-state index contributed by atoms with van der Waals surface area (Å²) in [6.07, 6.45) is -4.75. The molecule has 180 valence electrons. The van der Waals surface area contributed by atoms with Crippen LogP contribution in [-0.4, -0.2) is 47.8 Å². The van der Waals surface area contributed by atoms with Crippen molar-refractivity contribution in [3.63, 3.8) is 0 Å². The Bertz CT molecular complexity index is 971. The largest absolute Gasteiger partial charge is 0.522 e. The van der Waals surface area contributed by atoms with Crippen molar-refractivity contribution in [3.05, 3.63) is 41.6 Å². The van der Waals surface area contributed by atoms with Crippen molar-refractivity contribution in [1.29, 1.82) is 0 Å². The van der Waals surface area contributed by atoms with Gasteiger partial charge >= 0.3 is 6.36 Å². The molecule has 1 saturated carbocycles. The number of carbonyl (C=O) groups excluding carboxylic acids is 1. The van der Waals surface area contributed by atoms with Gasteiger partial charge in [0.1, 0.15) is 11.9 Å². The standard InChI is InChI=1S/C20H20F5N3O5/c21-14-3-2-12(7-15(14)22)30-9-17(29)26-11-1-4-16(31-8-11)19-28-27-18(32-19)10-5-13(6-10)33-20(23,24)25/h2-3,7,10-11,13,16H,1,4-6,8-9H2,(H,26,29)/t10?,11-,13?,16+/m1/s1. The van der Waals surface area contributed by atoms with Crippen molar-refractivity contribution in [1.82, 2.24) is 15.5 Å². The molecule has 4 rings (SSSR count). The molecular weight excluding hydrogens is 457 g/mol. The van der Waals surface area contributed by atoms with Gasteiger partial charge in [-0.3, -0.25) is 9.53 Å². The molecule has 1 aromatic carbocycles. The zero-order chi connectivity index (χ0) is 23.6. The number of ether oxygens (including phenoxy) is 3. The summed E-state index contributed by atoms with van der Waals surface area (Å²) >= 11 is 0. The van der Waals surface area contributed by atoms with Crippen LogP contribution in [0.3, 0.4) is 0 Å². The van der Waals surface area contributed by atoms with E-state index in [1.807, 2.05) is 0 Å². The summed E-state index contributed by atoms with van der Waals surface area (Å²) in [5.41, 5.74) is 0. The van der Waals surface area contributed by atoms with Gasteiger partial charge in [-0.2, -0.15) is 0 Å². The first-order chi connectivity index (χ1) is 15.7. The van der Waals surface area contributed by atoms with Gasteiger partial charge in [0.05, 0.1) is 18.8 Å². The number of rotatable bonds is 7. The van der Waals surface area contributed by atoms with Crippen molar-refractivity contribution in [3.8, 4) is 5.75 Å². The normalized spacial score (nSPS) is 25.4. The van der Waals surface area contributed by atoms with Crippen LogP contribution in [0.15, 0.2) is 22.6 Å². The maximum atomic E-state index is 13.2. The van der Waals surface area contributed by atoms with E-state index in [0.717, 1.165) is 12.1 Å². The van der Waals surface area contributed by atoms with E-state index in [4.69, 9.17) is 13.9 Å². The van der Waals surface area contributed by atoms with Crippen molar-refractivity contribution < 1.29 is 45.4 Å². The molecule has 1 aromatic heterocycles. The fourth-order valence-corrected chi connectivity index (χ4v) is 3.64. The molecule has 1 saturated heterocycles. The number of halogens is 5. The first-order valence-electron chi connectivity index (χ1n) is 10.2. The van der Waals surface area contributed by atoms with Crippen LogP contribution in [0.25, 0.3) is 0 Å². The number of hydrogen-bond acceptors (Lipinski definition) is 7. The van der Waals surface area contributed by atoms with Crippen molar-refractivity contribution in [2.24, 2.45) is 0 Å². The van der Waals surface area contributed by atoms with Crippen LogP contribution in [0.5, 0.6) is 5.75 Å². The lowest BCUT2D eigenvalue weighted by Gasteiger charge is -2.33. The Morgan fingerprint density at radius 2 is 1.88 bits per heavy atom. The fourth-order valence-electron chi connectivity index (χ4n) is 3.64. The van der Waals surface area contributed by atoms with Gasteiger partial charge in [-0.15, -0.1) is 23.4 Å². The molecule has 13 heteroatoms. The molecule has 1 aliphatic heterocycles. The number of benzene rings is 1. The average Bonchev–Trinajstić information content (AvgIpc) is 3.21. The third kappa shape index (κ3) is 6.16. The third-order valence-electron chi connectivity index (χ3n) is 5.38. The molecule has 33 heavy (non-hydrogen) atoms. The molecule has 0 bridgehead atoms. The second kappa shape index (κ2) is 9.59. The van der Waals surface area contributed by atoms with Gasteiger partial charge in [-0.1, -0.05) is 0 Å². The number of amides is 1. The van der Waals surface area contributed by atoms with E-state index in [0.29, 0.717) is 12.8 Å². The van der Waals surface area contributed by atoms with E-state index in [9.17, 15) is 26.7 Å². The van der Waals surface area contributed by atoms with Crippen LogP contribution in [0.1, 0.15) is 49.5 Å². The van der Waals surface area contributed by atoms with Gasteiger partial charge in [0, 0.05) is 12.0 Å². The molecule has 2 fully saturated rings. The Morgan fingerprint density at radius 1 is 1.12 bits per heavy atom. The lowest BCUT2D eigenvalue weighted by molar-refractivity contribution is -0.352. The molecule has 0 unspecified atom stereocenters. The quantitative estimate of drug-likeness (QED) is 0.610. The van der Waals surface area contributed by atoms with Crippen LogP contribution in [0.2, 0.25) is 0 Å². The monoisotopic (exact) mass is 477 g/mol. The molecule has 1 N–H and O–H groups in total. The first-order valence-corrected chi connectivity index (χ1v) is 10.2. The van der Waals surface area contributed by atoms with Gasteiger partial charge in [0.2, 0.25) is 11.8 Å². The molecule has 0 radical (unpaired) electrons. The van der Waals surface area contributed by atoms with Gasteiger partial charge in [0.15, 0.2) is 18.2 Å². The molecule has 2 aromatic rings. The summed E-state index contributed by atoms with van der Waals surface area (Å²) in [5.74, 6) is -2.32. The lowest BCUT2D eigenvalue weighted by atomic mass is 9.82. The second-order valence-corrected chi connectivity index (χ2v) is 7.86. The van der Waals surface area contributed by atoms with Gasteiger partial charge < -0.3 is 19.2 Å². The predicted molar refractivity (Wildman–Crippen MR) is 98.9 cm³/mol. The smallest absolute Gasteiger partial charge is 0.484 e. The Labute approximate surface area is 184 Å². The Balaban J connectivity index is 1.18. The highest BCUT2D eigenvalue weighted by Crippen LogP contribution is 2.41. The molecule has 2 atom stereocenters. The Morgan fingerprint density at radius 3 is 2.55 bits per heavy atom. The highest BCUT2D eigenvalue weighted by atomic mass is 19.4. The van der Waals surface area contributed by atoms with Crippen LogP contribution < -0.4 is 10.1 Å². The number of nitrogens with zero attached hydrogens (tertiary/aromatic N) is 2. The summed E-state index contributed by atoms with van der Waals surface area (Å²) in [7, 11) is 0. The van der Waals surface area contributed by atoms with E-state index in [1.165, 1.54) is 6.07 Å². The summed E-state index contributed by atoms with van der Waals surface area (Å²) in [4.78, 5) is 12.0. The minimum absolute atomic E-state index is 0.0268. The molecule has 2 aliphatic rings. The molecule has 1 amide bonds. The van der Waals surface area contributed by atoms with E-state index < -0.39 is 36.1 Å². The third-order valence-corrected chi connectivity index (χ3v) is 5.38. The number of nitrogens with one attached hydrogen (secondary N) is 1. The maximum Gasteiger partial charge on any atom is 0.522 e. The molecule has 2 heterocycles. The van der Waals surface area contributed by atoms with E-state index >= 15 is 0 Å². The number of carbonyl (C=O) groups is 1. The molecule has 0 spiro atoms. The average molecular weight is 477 g/mol. The zero-order valence-electron chi connectivity index (χ0n) is 17.1. The van der Waals surface area contributed by atoms with Crippen LogP contribution in [-0.2, 0) is 14.3 Å². The summed E-state index contributed by atoms with van der Waals surface area (Å²) in [6, 6.07) is 2.67. The molecular formula is C20H20F5N3O5. The Hall–Kier alpha value is -2.80. The second-order valence-electron chi connectivity index (χ2n) is 7.86. The highest BCUT2D eigenvalue weighted by molar-refractivity contribution is 5.77. The molecule has 8 nitrogen and oxygen atoms in total. The minimum Gasteiger partial charge on any atom is -0.484 e. The minimum atomic E-state index is -4.66. The van der Waals surface area contributed by atoms with Gasteiger partial charge in [0.25, 0.3) is 5.91 Å².